The fourth-order valence-electron chi connectivity index (χ4n) is 2.17. The molecule has 4 nitrogen and oxygen atoms in total. The van der Waals surface area contributed by atoms with Crippen molar-refractivity contribution in [2.45, 2.75) is 25.4 Å². The smallest absolute Gasteiger partial charge is 0.315 e. The van der Waals surface area contributed by atoms with Gasteiger partial charge in [0, 0.05) is 17.6 Å². The first-order valence-corrected chi connectivity index (χ1v) is 6.98. The average Bonchev–Trinajstić information content (AvgIpc) is 2.41. The van der Waals surface area contributed by atoms with E-state index in [0.29, 0.717) is 17.6 Å². The lowest BCUT2D eigenvalue weighted by molar-refractivity contribution is 0.213. The van der Waals surface area contributed by atoms with Crippen molar-refractivity contribution in [1.29, 1.82) is 0 Å². The predicted molar refractivity (Wildman–Crippen MR) is 77.3 cm³/mol. The Hall–Kier alpha value is -1.26. The van der Waals surface area contributed by atoms with E-state index >= 15 is 0 Å². The van der Waals surface area contributed by atoms with Crippen molar-refractivity contribution in [3.8, 4) is 0 Å². The molecule has 104 valence electrons. The minimum Gasteiger partial charge on any atom is -0.335 e. The number of nitrogens with one attached hydrogen (secondary N) is 2. The summed E-state index contributed by atoms with van der Waals surface area (Å²) in [6.45, 7) is 2.61. The number of halogens is 1. The molecule has 0 atom stereocenters. The number of hydrogen-bond acceptors (Lipinski definition) is 2. The van der Waals surface area contributed by atoms with Crippen LogP contribution in [0.25, 0.3) is 0 Å². The maximum absolute atomic E-state index is 11.8. The van der Waals surface area contributed by atoms with Crippen LogP contribution in [0.5, 0.6) is 0 Å². The Labute approximate surface area is 119 Å². The van der Waals surface area contributed by atoms with E-state index in [-0.39, 0.29) is 6.03 Å². The van der Waals surface area contributed by atoms with Crippen LogP contribution in [0.15, 0.2) is 24.3 Å². The van der Waals surface area contributed by atoms with Crippen molar-refractivity contribution < 1.29 is 4.79 Å². The van der Waals surface area contributed by atoms with Crippen molar-refractivity contribution >= 4 is 17.6 Å². The maximum Gasteiger partial charge on any atom is 0.315 e. The Kier molecular flexibility index (Phi) is 5.05. The second kappa shape index (κ2) is 6.78. The van der Waals surface area contributed by atoms with Gasteiger partial charge in [-0.2, -0.15) is 0 Å². The Morgan fingerprint density at radius 3 is 2.58 bits per heavy atom. The van der Waals surface area contributed by atoms with Crippen molar-refractivity contribution in [2.24, 2.45) is 0 Å². The number of benzene rings is 1. The number of carbonyl (C=O) groups excluding carboxylic acids is 1. The first kappa shape index (κ1) is 14.2. The molecule has 2 amide bonds. The van der Waals surface area contributed by atoms with Crippen LogP contribution in [0.3, 0.4) is 0 Å². The molecule has 0 unspecified atom stereocenters. The van der Waals surface area contributed by atoms with E-state index < -0.39 is 0 Å². The minimum atomic E-state index is -0.0931. The third-order valence-electron chi connectivity index (χ3n) is 3.42. The van der Waals surface area contributed by atoms with Crippen LogP contribution in [0.4, 0.5) is 4.79 Å². The Morgan fingerprint density at radius 1 is 1.32 bits per heavy atom. The summed E-state index contributed by atoms with van der Waals surface area (Å²) in [6.07, 6.45) is 2.04. The van der Waals surface area contributed by atoms with Gasteiger partial charge in [0.25, 0.3) is 0 Å². The number of likely N-dealkylation sites (tertiary alicyclic amines) is 1. The molecule has 0 bridgehead atoms. The standard InChI is InChI=1S/C14H20ClN3O/c1-18-8-6-13(7-9-18)17-14(19)16-10-11-2-4-12(15)5-3-11/h2-5,13H,6-10H2,1H3,(H2,16,17,19). The molecule has 1 heterocycles. The predicted octanol–water partition coefficient (Wildman–Crippen LogP) is 2.23. The molecule has 0 aliphatic carbocycles. The average molecular weight is 282 g/mol. The Balaban J connectivity index is 1.71. The zero-order valence-corrected chi connectivity index (χ0v) is 11.9. The monoisotopic (exact) mass is 281 g/mol. The molecule has 0 spiro atoms. The van der Waals surface area contributed by atoms with E-state index in [1.807, 2.05) is 24.3 Å². The number of urea groups is 1. The number of carbonyl (C=O) groups is 1. The van der Waals surface area contributed by atoms with Gasteiger partial charge in [0.05, 0.1) is 0 Å². The summed E-state index contributed by atoms with van der Waals surface area (Å²) in [6, 6.07) is 7.68. The van der Waals surface area contributed by atoms with Crippen molar-refractivity contribution in [2.75, 3.05) is 20.1 Å². The Bertz CT molecular complexity index is 413. The van der Waals surface area contributed by atoms with E-state index in [9.17, 15) is 4.79 Å². The molecule has 2 rings (SSSR count). The highest BCUT2D eigenvalue weighted by Crippen LogP contribution is 2.10. The fraction of sp³-hybridized carbons (Fsp3) is 0.500. The topological polar surface area (TPSA) is 44.4 Å². The van der Waals surface area contributed by atoms with Gasteiger partial charge in [0.15, 0.2) is 0 Å². The molecule has 1 aliphatic rings. The first-order valence-electron chi connectivity index (χ1n) is 6.61. The van der Waals surface area contributed by atoms with Gasteiger partial charge in [-0.1, -0.05) is 23.7 Å². The summed E-state index contributed by atoms with van der Waals surface area (Å²) in [5, 5.41) is 6.60. The lowest BCUT2D eigenvalue weighted by atomic mass is 10.1. The molecule has 0 radical (unpaired) electrons. The number of nitrogens with zero attached hydrogens (tertiary/aromatic N) is 1. The highest BCUT2D eigenvalue weighted by molar-refractivity contribution is 6.30. The lowest BCUT2D eigenvalue weighted by Gasteiger charge is -2.29. The normalized spacial score (nSPS) is 17.2. The zero-order chi connectivity index (χ0) is 13.7. The van der Waals surface area contributed by atoms with Crippen LogP contribution >= 0.6 is 11.6 Å². The first-order chi connectivity index (χ1) is 9.13. The molecule has 1 saturated heterocycles. The van der Waals surface area contributed by atoms with Gasteiger partial charge in [-0.3, -0.25) is 0 Å². The maximum atomic E-state index is 11.8. The fourth-order valence-corrected chi connectivity index (χ4v) is 2.30. The van der Waals surface area contributed by atoms with Crippen LogP contribution < -0.4 is 10.6 Å². The Morgan fingerprint density at radius 2 is 1.95 bits per heavy atom. The molecule has 1 fully saturated rings. The summed E-state index contributed by atoms with van der Waals surface area (Å²) in [5.41, 5.74) is 1.04. The zero-order valence-electron chi connectivity index (χ0n) is 11.2. The van der Waals surface area contributed by atoms with Crippen molar-refractivity contribution in [3.63, 3.8) is 0 Å². The number of hydrogen-bond donors (Lipinski definition) is 2. The lowest BCUT2D eigenvalue weighted by Crippen LogP contribution is -2.46. The van der Waals surface area contributed by atoms with E-state index in [1.165, 1.54) is 0 Å². The molecule has 0 aromatic heterocycles. The number of amides is 2. The van der Waals surface area contributed by atoms with Crippen molar-refractivity contribution in [3.05, 3.63) is 34.9 Å². The van der Waals surface area contributed by atoms with E-state index in [0.717, 1.165) is 31.5 Å². The molecule has 2 N–H and O–H groups in total. The molecular formula is C14H20ClN3O. The van der Waals surface area contributed by atoms with Crippen LogP contribution in [0.2, 0.25) is 5.02 Å². The molecule has 5 heteroatoms. The van der Waals surface area contributed by atoms with Gasteiger partial charge in [-0.05, 0) is 50.7 Å². The SMILES string of the molecule is CN1CCC(NC(=O)NCc2ccc(Cl)cc2)CC1. The molecule has 19 heavy (non-hydrogen) atoms. The van der Waals surface area contributed by atoms with E-state index in [4.69, 9.17) is 11.6 Å². The van der Waals surface area contributed by atoms with Crippen molar-refractivity contribution in [1.82, 2.24) is 15.5 Å². The summed E-state index contributed by atoms with van der Waals surface area (Å²) >= 11 is 5.81. The van der Waals surface area contributed by atoms with Gasteiger partial charge < -0.3 is 15.5 Å². The second-order valence-corrected chi connectivity index (χ2v) is 5.47. The number of rotatable bonds is 3. The van der Waals surface area contributed by atoms with Crippen LogP contribution in [0, 0.1) is 0 Å². The van der Waals surface area contributed by atoms with Gasteiger partial charge >= 0.3 is 6.03 Å². The van der Waals surface area contributed by atoms with Gasteiger partial charge in [-0.15, -0.1) is 0 Å². The third kappa shape index (κ3) is 4.73. The molecule has 0 saturated carbocycles. The summed E-state index contributed by atoms with van der Waals surface area (Å²) in [4.78, 5) is 14.1. The summed E-state index contributed by atoms with van der Waals surface area (Å²) < 4.78 is 0. The van der Waals surface area contributed by atoms with Crippen LogP contribution in [0.1, 0.15) is 18.4 Å². The number of piperidine rings is 1. The molecular weight excluding hydrogens is 262 g/mol. The molecule has 1 aromatic carbocycles. The highest BCUT2D eigenvalue weighted by atomic mass is 35.5. The molecule has 1 aliphatic heterocycles. The van der Waals surface area contributed by atoms with Crippen LogP contribution in [-0.2, 0) is 6.54 Å². The van der Waals surface area contributed by atoms with Gasteiger partial charge in [0.2, 0.25) is 0 Å². The van der Waals surface area contributed by atoms with E-state index in [1.54, 1.807) is 0 Å². The third-order valence-corrected chi connectivity index (χ3v) is 3.67. The summed E-state index contributed by atoms with van der Waals surface area (Å²) in [7, 11) is 2.11. The van der Waals surface area contributed by atoms with Gasteiger partial charge in [0.1, 0.15) is 0 Å². The largest absolute Gasteiger partial charge is 0.335 e. The summed E-state index contributed by atoms with van der Waals surface area (Å²) in [5.74, 6) is 0. The quantitative estimate of drug-likeness (QED) is 0.892. The minimum absolute atomic E-state index is 0.0931. The second-order valence-electron chi connectivity index (χ2n) is 5.03. The van der Waals surface area contributed by atoms with E-state index in [2.05, 4.69) is 22.6 Å². The molecule has 1 aromatic rings. The van der Waals surface area contributed by atoms with Crippen LogP contribution in [-0.4, -0.2) is 37.1 Å². The highest BCUT2D eigenvalue weighted by Gasteiger charge is 2.17. The van der Waals surface area contributed by atoms with Gasteiger partial charge in [-0.25, -0.2) is 4.79 Å².